The molecule has 0 aliphatic heterocycles. The van der Waals surface area contributed by atoms with Crippen LogP contribution in [-0.4, -0.2) is 11.3 Å². The second-order valence-corrected chi connectivity index (χ2v) is 6.05. The van der Waals surface area contributed by atoms with Gasteiger partial charge in [-0.1, -0.05) is 87.6 Å². The Morgan fingerprint density at radius 1 is 0.917 bits per heavy atom. The molecule has 0 fully saturated rings. The van der Waals surface area contributed by atoms with E-state index in [-0.39, 0.29) is 0 Å². The summed E-state index contributed by atoms with van der Waals surface area (Å²) < 4.78 is 5.14. The molecule has 0 aliphatic carbocycles. The lowest BCUT2D eigenvalue weighted by molar-refractivity contribution is 0.144. The minimum Gasteiger partial charge on any atom is -0.449 e. The fourth-order valence-electron chi connectivity index (χ4n) is 2.93. The Balaban J connectivity index is 2.13. The van der Waals surface area contributed by atoms with Crippen molar-refractivity contribution in [1.29, 1.82) is 0 Å². The number of benzene rings is 2. The molecule has 0 atom stereocenters. The van der Waals surface area contributed by atoms with Crippen LogP contribution in [0.25, 0.3) is 11.1 Å². The first-order chi connectivity index (χ1) is 11.7. The number of carbonyl (C=O) groups is 1. The summed E-state index contributed by atoms with van der Waals surface area (Å²) in [4.78, 5) is 11.1. The Kier molecular flexibility index (Phi) is 7.34. The van der Waals surface area contributed by atoms with Crippen LogP contribution in [0.4, 0.5) is 4.79 Å². The Bertz CT molecular complexity index is 635. The topological polar surface area (TPSA) is 46.5 Å². The number of hydrogen-bond acceptors (Lipinski definition) is 2. The van der Waals surface area contributed by atoms with E-state index >= 15 is 0 Å². The predicted octanol–water partition coefficient (Wildman–Crippen LogP) is 6.31. The summed E-state index contributed by atoms with van der Waals surface area (Å²) in [5.74, 6) is 0.477. The lowest BCUT2D eigenvalue weighted by atomic mass is 9.98. The van der Waals surface area contributed by atoms with E-state index in [2.05, 4.69) is 6.92 Å². The molecule has 0 bridgehead atoms. The first-order valence-corrected chi connectivity index (χ1v) is 8.80. The van der Waals surface area contributed by atoms with Gasteiger partial charge in [-0.2, -0.15) is 0 Å². The third-order valence-electron chi connectivity index (χ3n) is 4.17. The molecule has 0 heterocycles. The quantitative estimate of drug-likeness (QED) is 0.333. The van der Waals surface area contributed by atoms with E-state index in [0.29, 0.717) is 5.75 Å². The van der Waals surface area contributed by atoms with Gasteiger partial charge in [0.25, 0.3) is 0 Å². The van der Waals surface area contributed by atoms with Gasteiger partial charge < -0.3 is 9.84 Å². The van der Waals surface area contributed by atoms with Crippen molar-refractivity contribution >= 4 is 6.16 Å². The number of hydrogen-bond donors (Lipinski definition) is 1. The van der Waals surface area contributed by atoms with Gasteiger partial charge >= 0.3 is 6.16 Å². The van der Waals surface area contributed by atoms with Crippen LogP contribution in [0.2, 0.25) is 0 Å². The first-order valence-electron chi connectivity index (χ1n) is 8.80. The molecule has 0 unspecified atom stereocenters. The fourth-order valence-corrected chi connectivity index (χ4v) is 2.93. The highest BCUT2D eigenvalue weighted by molar-refractivity contribution is 5.75. The molecule has 0 radical (unpaired) electrons. The summed E-state index contributed by atoms with van der Waals surface area (Å²) in [5, 5.41) is 9.11. The van der Waals surface area contributed by atoms with Gasteiger partial charge in [-0.15, -0.1) is 0 Å². The zero-order chi connectivity index (χ0) is 17.2. The number of ether oxygens (including phenoxy) is 1. The summed E-state index contributed by atoms with van der Waals surface area (Å²) in [6.45, 7) is 2.21. The van der Waals surface area contributed by atoms with Crippen molar-refractivity contribution in [2.45, 2.75) is 51.9 Å². The van der Waals surface area contributed by atoms with Crippen LogP contribution in [-0.2, 0) is 6.42 Å². The van der Waals surface area contributed by atoms with Gasteiger partial charge in [0.05, 0.1) is 0 Å². The minimum absolute atomic E-state index is 0.477. The van der Waals surface area contributed by atoms with Crippen molar-refractivity contribution in [3.8, 4) is 16.9 Å². The smallest absolute Gasteiger partial charge is 0.449 e. The van der Waals surface area contributed by atoms with Crippen LogP contribution in [0.1, 0.15) is 51.0 Å². The van der Waals surface area contributed by atoms with E-state index in [4.69, 9.17) is 9.84 Å². The molecule has 24 heavy (non-hydrogen) atoms. The van der Waals surface area contributed by atoms with Crippen molar-refractivity contribution in [2.24, 2.45) is 0 Å². The highest BCUT2D eigenvalue weighted by Crippen LogP contribution is 2.34. The Morgan fingerprint density at radius 3 is 2.33 bits per heavy atom. The molecule has 0 aromatic heterocycles. The van der Waals surface area contributed by atoms with E-state index in [0.717, 1.165) is 29.5 Å². The second-order valence-electron chi connectivity index (χ2n) is 6.05. The largest absolute Gasteiger partial charge is 0.511 e. The molecule has 0 amide bonds. The zero-order valence-corrected chi connectivity index (χ0v) is 14.3. The van der Waals surface area contributed by atoms with Gasteiger partial charge in [0.2, 0.25) is 0 Å². The van der Waals surface area contributed by atoms with E-state index in [1.54, 1.807) is 0 Å². The fraction of sp³-hybridized carbons (Fsp3) is 0.381. The lowest BCUT2D eigenvalue weighted by Gasteiger charge is -2.13. The van der Waals surface area contributed by atoms with Gasteiger partial charge in [0.15, 0.2) is 0 Å². The molecule has 2 aromatic carbocycles. The highest BCUT2D eigenvalue weighted by atomic mass is 16.7. The van der Waals surface area contributed by atoms with Crippen molar-refractivity contribution in [3.63, 3.8) is 0 Å². The molecule has 3 heteroatoms. The molecular weight excluding hydrogens is 300 g/mol. The van der Waals surface area contributed by atoms with E-state index in [9.17, 15) is 4.79 Å². The van der Waals surface area contributed by atoms with Crippen molar-refractivity contribution in [1.82, 2.24) is 0 Å². The number of para-hydroxylation sites is 1. The Morgan fingerprint density at radius 2 is 1.62 bits per heavy atom. The average molecular weight is 326 g/mol. The molecule has 3 nitrogen and oxygen atoms in total. The molecule has 0 saturated heterocycles. The number of unbranched alkanes of at least 4 members (excludes halogenated alkanes) is 5. The van der Waals surface area contributed by atoms with Crippen LogP contribution < -0.4 is 4.74 Å². The SMILES string of the molecule is CCCCCCCCc1cccc(-c2ccccc2)c1OC(=O)O. The summed E-state index contributed by atoms with van der Waals surface area (Å²) in [6, 6.07) is 15.6. The standard InChI is InChI=1S/C21H26O3/c1-2-3-4-5-6-8-14-18-15-11-16-19(20(18)24-21(22)23)17-12-9-7-10-13-17/h7,9-13,15-16H,2-6,8,14H2,1H3,(H,22,23). The molecule has 0 aliphatic rings. The van der Waals surface area contributed by atoms with Gasteiger partial charge in [-0.3, -0.25) is 0 Å². The van der Waals surface area contributed by atoms with Crippen molar-refractivity contribution < 1.29 is 14.6 Å². The van der Waals surface area contributed by atoms with Gasteiger partial charge in [0.1, 0.15) is 5.75 Å². The van der Waals surface area contributed by atoms with Gasteiger partial charge in [0, 0.05) is 5.56 Å². The van der Waals surface area contributed by atoms with E-state index in [1.807, 2.05) is 48.5 Å². The van der Waals surface area contributed by atoms with Crippen LogP contribution in [0.5, 0.6) is 5.75 Å². The van der Waals surface area contributed by atoms with E-state index < -0.39 is 6.16 Å². The second kappa shape index (κ2) is 9.76. The van der Waals surface area contributed by atoms with Crippen molar-refractivity contribution in [3.05, 3.63) is 54.1 Å². The summed E-state index contributed by atoms with van der Waals surface area (Å²) in [7, 11) is 0. The van der Waals surface area contributed by atoms with Gasteiger partial charge in [-0.25, -0.2) is 4.79 Å². The summed E-state index contributed by atoms with van der Waals surface area (Å²) in [6.07, 6.45) is 6.85. The Labute approximate surface area is 144 Å². The van der Waals surface area contributed by atoms with Gasteiger partial charge in [-0.05, 0) is 24.0 Å². The van der Waals surface area contributed by atoms with Crippen LogP contribution in [0.3, 0.4) is 0 Å². The minimum atomic E-state index is -1.26. The molecule has 2 rings (SSSR count). The number of carboxylic acid groups (broad SMARTS) is 1. The maximum Gasteiger partial charge on any atom is 0.511 e. The van der Waals surface area contributed by atoms with Crippen LogP contribution in [0.15, 0.2) is 48.5 Å². The zero-order valence-electron chi connectivity index (χ0n) is 14.3. The summed E-state index contributed by atoms with van der Waals surface area (Å²) >= 11 is 0. The number of aryl methyl sites for hydroxylation is 1. The third-order valence-corrected chi connectivity index (χ3v) is 4.17. The highest BCUT2D eigenvalue weighted by Gasteiger charge is 2.14. The summed E-state index contributed by atoms with van der Waals surface area (Å²) in [5.41, 5.74) is 2.77. The maximum atomic E-state index is 11.1. The number of rotatable bonds is 9. The van der Waals surface area contributed by atoms with Crippen LogP contribution >= 0.6 is 0 Å². The van der Waals surface area contributed by atoms with Crippen LogP contribution in [0, 0.1) is 0 Å². The normalized spacial score (nSPS) is 10.5. The van der Waals surface area contributed by atoms with Crippen molar-refractivity contribution in [2.75, 3.05) is 0 Å². The first kappa shape index (κ1) is 18.1. The molecular formula is C21H26O3. The average Bonchev–Trinajstić information content (AvgIpc) is 2.59. The van der Waals surface area contributed by atoms with E-state index in [1.165, 1.54) is 32.1 Å². The third kappa shape index (κ3) is 5.41. The predicted molar refractivity (Wildman–Crippen MR) is 97.6 cm³/mol. The molecule has 2 aromatic rings. The molecule has 0 spiro atoms. The maximum absolute atomic E-state index is 11.1. The Hall–Kier alpha value is -2.29. The lowest BCUT2D eigenvalue weighted by Crippen LogP contribution is -2.07. The molecule has 0 saturated carbocycles. The monoisotopic (exact) mass is 326 g/mol. The molecule has 128 valence electrons. The molecule has 1 N–H and O–H groups in total.